The van der Waals surface area contributed by atoms with Gasteiger partial charge in [0.25, 0.3) is 0 Å². The standard InChI is InChI=1S/C12H17ClN2O/c1-2-10-4-3-5-15(10)12-11(13)6-9(8-16)7-14-12/h6-7,10,16H,2-5,8H2,1H3. The van der Waals surface area contributed by atoms with Gasteiger partial charge in [0.15, 0.2) is 0 Å². The third-order valence-electron chi connectivity index (χ3n) is 3.18. The minimum Gasteiger partial charge on any atom is -0.392 e. The van der Waals surface area contributed by atoms with E-state index in [1.807, 2.05) is 0 Å². The summed E-state index contributed by atoms with van der Waals surface area (Å²) in [4.78, 5) is 6.64. The Kier molecular flexibility index (Phi) is 3.66. The van der Waals surface area contributed by atoms with Crippen molar-refractivity contribution in [3.05, 3.63) is 22.8 Å². The largest absolute Gasteiger partial charge is 0.392 e. The number of anilines is 1. The lowest BCUT2D eigenvalue weighted by molar-refractivity contribution is 0.281. The van der Waals surface area contributed by atoms with E-state index in [0.717, 1.165) is 24.3 Å². The molecule has 3 nitrogen and oxygen atoms in total. The minimum absolute atomic E-state index is 0.00972. The Morgan fingerprint density at radius 2 is 2.44 bits per heavy atom. The summed E-state index contributed by atoms with van der Waals surface area (Å²) in [6, 6.07) is 2.36. The second-order valence-electron chi connectivity index (χ2n) is 4.20. The van der Waals surface area contributed by atoms with Crippen LogP contribution >= 0.6 is 11.6 Å². The molecule has 1 unspecified atom stereocenters. The van der Waals surface area contributed by atoms with Crippen LogP contribution in [0.15, 0.2) is 12.3 Å². The molecular formula is C12H17ClN2O. The van der Waals surface area contributed by atoms with Crippen LogP contribution in [0.25, 0.3) is 0 Å². The van der Waals surface area contributed by atoms with Gasteiger partial charge in [-0.3, -0.25) is 0 Å². The van der Waals surface area contributed by atoms with Crippen molar-refractivity contribution < 1.29 is 5.11 Å². The Labute approximate surface area is 101 Å². The molecule has 0 aromatic carbocycles. The smallest absolute Gasteiger partial charge is 0.147 e. The highest BCUT2D eigenvalue weighted by atomic mass is 35.5. The fourth-order valence-electron chi connectivity index (χ4n) is 2.31. The normalized spacial score (nSPS) is 20.4. The quantitative estimate of drug-likeness (QED) is 0.883. The van der Waals surface area contributed by atoms with Crippen molar-refractivity contribution in [2.24, 2.45) is 0 Å². The highest BCUT2D eigenvalue weighted by Crippen LogP contribution is 2.31. The lowest BCUT2D eigenvalue weighted by Gasteiger charge is -2.25. The molecule has 0 radical (unpaired) electrons. The van der Waals surface area contributed by atoms with Crippen LogP contribution < -0.4 is 4.90 Å². The average Bonchev–Trinajstić information content (AvgIpc) is 2.76. The summed E-state index contributed by atoms with van der Waals surface area (Å²) in [5, 5.41) is 9.65. The fourth-order valence-corrected chi connectivity index (χ4v) is 2.60. The van der Waals surface area contributed by atoms with E-state index in [2.05, 4.69) is 16.8 Å². The highest BCUT2D eigenvalue weighted by Gasteiger charge is 2.25. The third-order valence-corrected chi connectivity index (χ3v) is 3.46. The van der Waals surface area contributed by atoms with Gasteiger partial charge < -0.3 is 10.0 Å². The first-order chi connectivity index (χ1) is 7.76. The summed E-state index contributed by atoms with van der Waals surface area (Å²) < 4.78 is 0. The number of pyridine rings is 1. The van der Waals surface area contributed by atoms with Gasteiger partial charge >= 0.3 is 0 Å². The molecule has 4 heteroatoms. The average molecular weight is 241 g/mol. The molecule has 88 valence electrons. The van der Waals surface area contributed by atoms with Crippen LogP contribution in [0.2, 0.25) is 5.02 Å². The number of aromatic nitrogens is 1. The van der Waals surface area contributed by atoms with Gasteiger partial charge in [0.05, 0.1) is 11.6 Å². The molecule has 2 heterocycles. The maximum absolute atomic E-state index is 9.00. The zero-order valence-corrected chi connectivity index (χ0v) is 10.2. The van der Waals surface area contributed by atoms with E-state index in [4.69, 9.17) is 16.7 Å². The molecule has 16 heavy (non-hydrogen) atoms. The van der Waals surface area contributed by atoms with E-state index in [1.54, 1.807) is 12.3 Å². The maximum Gasteiger partial charge on any atom is 0.147 e. The Balaban J connectivity index is 2.26. The van der Waals surface area contributed by atoms with E-state index >= 15 is 0 Å². The molecule has 1 aliphatic heterocycles. The van der Waals surface area contributed by atoms with Crippen LogP contribution in [0.4, 0.5) is 5.82 Å². The van der Waals surface area contributed by atoms with Crippen molar-refractivity contribution in [3.63, 3.8) is 0 Å². The summed E-state index contributed by atoms with van der Waals surface area (Å²) in [6.07, 6.45) is 5.25. The zero-order chi connectivity index (χ0) is 11.5. The lowest BCUT2D eigenvalue weighted by Crippen LogP contribution is -2.29. The van der Waals surface area contributed by atoms with Gasteiger partial charge in [-0.25, -0.2) is 4.98 Å². The molecule has 1 aliphatic rings. The molecule has 2 rings (SSSR count). The third kappa shape index (κ3) is 2.15. The topological polar surface area (TPSA) is 36.4 Å². The van der Waals surface area contributed by atoms with Gasteiger partial charge in [0, 0.05) is 18.8 Å². The van der Waals surface area contributed by atoms with Crippen LogP contribution in [0.1, 0.15) is 31.7 Å². The predicted octanol–water partition coefficient (Wildman–Crippen LogP) is 2.61. The van der Waals surface area contributed by atoms with Gasteiger partial charge in [-0.2, -0.15) is 0 Å². The number of halogens is 1. The molecule has 0 spiro atoms. The van der Waals surface area contributed by atoms with Crippen molar-refractivity contribution in [1.29, 1.82) is 0 Å². The molecule has 1 N–H and O–H groups in total. The van der Waals surface area contributed by atoms with Crippen molar-refractivity contribution in [2.75, 3.05) is 11.4 Å². The highest BCUT2D eigenvalue weighted by molar-refractivity contribution is 6.33. The van der Waals surface area contributed by atoms with Crippen molar-refractivity contribution in [3.8, 4) is 0 Å². The second-order valence-corrected chi connectivity index (χ2v) is 4.61. The number of aliphatic hydroxyl groups excluding tert-OH is 1. The molecule has 1 aromatic heterocycles. The van der Waals surface area contributed by atoms with Gasteiger partial charge in [0.1, 0.15) is 5.82 Å². The molecule has 0 amide bonds. The molecule has 0 bridgehead atoms. The van der Waals surface area contributed by atoms with E-state index in [0.29, 0.717) is 11.1 Å². The Hall–Kier alpha value is -0.800. The second kappa shape index (κ2) is 5.02. The summed E-state index contributed by atoms with van der Waals surface area (Å²) in [6.45, 7) is 3.22. The van der Waals surface area contributed by atoms with Crippen LogP contribution in [0.5, 0.6) is 0 Å². The van der Waals surface area contributed by atoms with Gasteiger partial charge in [-0.05, 0) is 30.9 Å². The van der Waals surface area contributed by atoms with E-state index < -0.39 is 0 Å². The number of aliphatic hydroxyl groups is 1. The summed E-state index contributed by atoms with van der Waals surface area (Å²) in [7, 11) is 0. The van der Waals surface area contributed by atoms with E-state index in [9.17, 15) is 0 Å². The van der Waals surface area contributed by atoms with E-state index in [1.165, 1.54) is 12.8 Å². The van der Waals surface area contributed by atoms with Crippen molar-refractivity contribution in [2.45, 2.75) is 38.8 Å². The fraction of sp³-hybridized carbons (Fsp3) is 0.583. The minimum atomic E-state index is -0.00972. The maximum atomic E-state index is 9.00. The predicted molar refractivity (Wildman–Crippen MR) is 65.8 cm³/mol. The molecule has 0 aliphatic carbocycles. The lowest BCUT2D eigenvalue weighted by atomic mass is 10.2. The monoisotopic (exact) mass is 240 g/mol. The summed E-state index contributed by atoms with van der Waals surface area (Å²) in [5.41, 5.74) is 0.765. The Morgan fingerprint density at radius 3 is 3.06 bits per heavy atom. The first kappa shape index (κ1) is 11.7. The first-order valence-corrected chi connectivity index (χ1v) is 6.16. The molecule has 1 saturated heterocycles. The van der Waals surface area contributed by atoms with Gasteiger partial charge in [0.2, 0.25) is 0 Å². The van der Waals surface area contributed by atoms with Gasteiger partial charge in [-0.15, -0.1) is 0 Å². The SMILES string of the molecule is CCC1CCCN1c1ncc(CO)cc1Cl. The Bertz CT molecular complexity index is 370. The van der Waals surface area contributed by atoms with Crippen LogP contribution in [0, 0.1) is 0 Å². The summed E-state index contributed by atoms with van der Waals surface area (Å²) >= 11 is 6.20. The van der Waals surface area contributed by atoms with Crippen LogP contribution in [-0.2, 0) is 6.61 Å². The summed E-state index contributed by atoms with van der Waals surface area (Å²) in [5.74, 6) is 0.864. The molecular weight excluding hydrogens is 224 g/mol. The van der Waals surface area contributed by atoms with Crippen LogP contribution in [0.3, 0.4) is 0 Å². The molecule has 1 atom stereocenters. The van der Waals surface area contributed by atoms with Crippen molar-refractivity contribution in [1.82, 2.24) is 4.98 Å². The number of hydrogen-bond donors (Lipinski definition) is 1. The number of rotatable bonds is 3. The molecule has 1 fully saturated rings. The van der Waals surface area contributed by atoms with Crippen molar-refractivity contribution >= 4 is 17.4 Å². The number of nitrogens with zero attached hydrogens (tertiary/aromatic N) is 2. The number of hydrogen-bond acceptors (Lipinski definition) is 3. The van der Waals surface area contributed by atoms with Gasteiger partial charge in [-0.1, -0.05) is 18.5 Å². The molecule has 1 aromatic rings. The Morgan fingerprint density at radius 1 is 1.62 bits per heavy atom. The van der Waals surface area contributed by atoms with Crippen LogP contribution in [-0.4, -0.2) is 22.7 Å². The van der Waals surface area contributed by atoms with E-state index in [-0.39, 0.29) is 6.61 Å². The zero-order valence-electron chi connectivity index (χ0n) is 9.49. The first-order valence-electron chi connectivity index (χ1n) is 5.78. The molecule has 0 saturated carbocycles.